The van der Waals surface area contributed by atoms with Crippen molar-refractivity contribution in [2.24, 2.45) is 17.3 Å². The summed E-state index contributed by atoms with van der Waals surface area (Å²) in [6.07, 6.45) is 2.21. The predicted octanol–water partition coefficient (Wildman–Crippen LogP) is 1.99. The Bertz CT molecular complexity index is 290. The average Bonchev–Trinajstić information content (AvgIpc) is 2.67. The minimum absolute atomic E-state index is 0.106. The van der Waals surface area contributed by atoms with E-state index in [1.165, 1.54) is 5.57 Å². The maximum atomic E-state index is 11.9. The second-order valence-corrected chi connectivity index (χ2v) is 5.35. The van der Waals surface area contributed by atoms with Crippen LogP contribution in [0.2, 0.25) is 0 Å². The van der Waals surface area contributed by atoms with Crippen molar-refractivity contribution in [1.29, 1.82) is 0 Å². The lowest BCUT2D eigenvalue weighted by molar-refractivity contribution is -0.123. The number of hydrogen-bond donors (Lipinski definition) is 1. The molecule has 2 atom stereocenters. The summed E-state index contributed by atoms with van der Waals surface area (Å²) in [5.41, 5.74) is 1.39. The molecule has 0 saturated heterocycles. The van der Waals surface area contributed by atoms with Crippen molar-refractivity contribution in [3.05, 3.63) is 11.6 Å². The monoisotopic (exact) mass is 225 g/mol. The van der Waals surface area contributed by atoms with Crippen LogP contribution in [0.4, 0.5) is 0 Å². The van der Waals surface area contributed by atoms with Crippen LogP contribution in [0.15, 0.2) is 11.6 Å². The van der Waals surface area contributed by atoms with E-state index in [4.69, 9.17) is 4.74 Å². The average molecular weight is 225 g/mol. The van der Waals surface area contributed by atoms with Gasteiger partial charge in [0.05, 0.1) is 12.5 Å². The van der Waals surface area contributed by atoms with Gasteiger partial charge in [0.25, 0.3) is 0 Å². The first-order valence-corrected chi connectivity index (χ1v) is 5.83. The van der Waals surface area contributed by atoms with E-state index in [9.17, 15) is 4.79 Å². The van der Waals surface area contributed by atoms with Crippen molar-refractivity contribution in [3.8, 4) is 0 Å². The van der Waals surface area contributed by atoms with E-state index in [1.54, 1.807) is 7.11 Å². The number of carbonyl (C=O) groups is 1. The lowest BCUT2D eigenvalue weighted by Crippen LogP contribution is -2.29. The van der Waals surface area contributed by atoms with E-state index < -0.39 is 0 Å². The van der Waals surface area contributed by atoms with E-state index in [2.05, 4.69) is 39.1 Å². The molecule has 0 spiro atoms. The first-order valence-electron chi connectivity index (χ1n) is 5.83. The standard InChI is InChI=1S/C13H23NO2/c1-9(2)8-10-11(13(10,3)4)12(15)14-6-7-16-5/h8,10-11H,6-7H2,1-5H3,(H,14,15)/t10-,11-/m1/s1. The molecule has 0 heterocycles. The SMILES string of the molecule is COCCNC(=O)[C@H]1[C@@H](C=C(C)C)C1(C)C. The zero-order valence-electron chi connectivity index (χ0n) is 11.0. The van der Waals surface area contributed by atoms with Gasteiger partial charge in [0, 0.05) is 13.7 Å². The molecular formula is C13H23NO2. The summed E-state index contributed by atoms with van der Waals surface area (Å²) < 4.78 is 4.91. The van der Waals surface area contributed by atoms with Crippen LogP contribution >= 0.6 is 0 Å². The van der Waals surface area contributed by atoms with Crippen molar-refractivity contribution >= 4 is 5.91 Å². The fraction of sp³-hybridized carbons (Fsp3) is 0.769. The molecule has 0 aromatic carbocycles. The molecule has 1 aliphatic carbocycles. The van der Waals surface area contributed by atoms with Gasteiger partial charge >= 0.3 is 0 Å². The Morgan fingerprint density at radius 2 is 2.06 bits per heavy atom. The van der Waals surface area contributed by atoms with E-state index in [0.29, 0.717) is 19.1 Å². The second-order valence-electron chi connectivity index (χ2n) is 5.35. The highest BCUT2D eigenvalue weighted by Crippen LogP contribution is 2.59. The number of rotatable bonds is 5. The number of nitrogens with one attached hydrogen (secondary N) is 1. The highest BCUT2D eigenvalue weighted by Gasteiger charge is 2.60. The van der Waals surface area contributed by atoms with Crippen molar-refractivity contribution in [2.75, 3.05) is 20.3 Å². The molecule has 3 heteroatoms. The molecule has 1 rings (SSSR count). The Morgan fingerprint density at radius 1 is 1.44 bits per heavy atom. The number of methoxy groups -OCH3 is 1. The summed E-state index contributed by atoms with van der Waals surface area (Å²) in [5, 5.41) is 2.91. The summed E-state index contributed by atoms with van der Waals surface area (Å²) in [5.74, 6) is 0.670. The van der Waals surface area contributed by atoms with Crippen LogP contribution in [0.1, 0.15) is 27.7 Å². The quantitative estimate of drug-likeness (QED) is 0.574. The molecule has 0 radical (unpaired) electrons. The molecule has 1 aliphatic rings. The lowest BCUT2D eigenvalue weighted by Gasteiger charge is -2.04. The Balaban J connectivity index is 2.49. The largest absolute Gasteiger partial charge is 0.383 e. The van der Waals surface area contributed by atoms with Crippen molar-refractivity contribution in [1.82, 2.24) is 5.32 Å². The minimum Gasteiger partial charge on any atom is -0.383 e. The summed E-state index contributed by atoms with van der Waals surface area (Å²) in [7, 11) is 1.64. The van der Waals surface area contributed by atoms with Crippen LogP contribution < -0.4 is 5.32 Å². The van der Waals surface area contributed by atoms with Crippen LogP contribution in [-0.4, -0.2) is 26.2 Å². The molecule has 0 aromatic rings. The minimum atomic E-state index is 0.106. The van der Waals surface area contributed by atoms with Gasteiger partial charge in [-0.05, 0) is 25.2 Å². The predicted molar refractivity (Wildman–Crippen MR) is 65.1 cm³/mol. The third-order valence-corrected chi connectivity index (χ3v) is 3.31. The molecule has 1 N–H and O–H groups in total. The van der Waals surface area contributed by atoms with E-state index in [0.717, 1.165) is 0 Å². The van der Waals surface area contributed by atoms with Gasteiger partial charge in [0.1, 0.15) is 0 Å². The van der Waals surface area contributed by atoms with E-state index >= 15 is 0 Å². The van der Waals surface area contributed by atoms with E-state index in [-0.39, 0.29) is 17.2 Å². The number of carbonyl (C=O) groups excluding carboxylic acids is 1. The van der Waals surface area contributed by atoms with Gasteiger partial charge in [-0.15, -0.1) is 0 Å². The zero-order chi connectivity index (χ0) is 12.3. The van der Waals surface area contributed by atoms with Crippen LogP contribution in [0.3, 0.4) is 0 Å². The Labute approximate surface area is 98.2 Å². The van der Waals surface area contributed by atoms with Gasteiger partial charge < -0.3 is 10.1 Å². The molecule has 92 valence electrons. The number of allylic oxidation sites excluding steroid dienone is 2. The molecular weight excluding hydrogens is 202 g/mol. The molecule has 1 amide bonds. The number of ether oxygens (including phenoxy) is 1. The fourth-order valence-electron chi connectivity index (χ4n) is 2.23. The first-order chi connectivity index (χ1) is 7.41. The lowest BCUT2D eigenvalue weighted by atomic mass is 10.1. The maximum Gasteiger partial charge on any atom is 0.224 e. The van der Waals surface area contributed by atoms with Gasteiger partial charge in [-0.3, -0.25) is 4.79 Å². The maximum absolute atomic E-state index is 11.9. The molecule has 0 aliphatic heterocycles. The third-order valence-electron chi connectivity index (χ3n) is 3.31. The molecule has 0 unspecified atom stereocenters. The molecule has 3 nitrogen and oxygen atoms in total. The molecule has 16 heavy (non-hydrogen) atoms. The van der Waals surface area contributed by atoms with Gasteiger partial charge in [-0.1, -0.05) is 25.5 Å². The number of hydrogen-bond acceptors (Lipinski definition) is 2. The Morgan fingerprint density at radius 3 is 2.56 bits per heavy atom. The fourth-order valence-corrected chi connectivity index (χ4v) is 2.23. The highest BCUT2D eigenvalue weighted by atomic mass is 16.5. The Hall–Kier alpha value is -0.830. The van der Waals surface area contributed by atoms with Gasteiger partial charge in [-0.2, -0.15) is 0 Å². The third kappa shape index (κ3) is 2.85. The van der Waals surface area contributed by atoms with Crippen molar-refractivity contribution in [3.63, 3.8) is 0 Å². The molecule has 0 bridgehead atoms. The van der Waals surface area contributed by atoms with Gasteiger partial charge in [0.2, 0.25) is 5.91 Å². The molecule has 0 aromatic heterocycles. The van der Waals surface area contributed by atoms with Crippen LogP contribution in [0.5, 0.6) is 0 Å². The first kappa shape index (κ1) is 13.2. The van der Waals surface area contributed by atoms with E-state index in [1.807, 2.05) is 0 Å². The topological polar surface area (TPSA) is 38.3 Å². The smallest absolute Gasteiger partial charge is 0.224 e. The van der Waals surface area contributed by atoms with Crippen molar-refractivity contribution < 1.29 is 9.53 Å². The zero-order valence-corrected chi connectivity index (χ0v) is 11.0. The Kier molecular flexibility index (Phi) is 4.14. The van der Waals surface area contributed by atoms with Crippen molar-refractivity contribution in [2.45, 2.75) is 27.7 Å². The summed E-state index contributed by atoms with van der Waals surface area (Å²) >= 11 is 0. The van der Waals surface area contributed by atoms with Gasteiger partial charge in [-0.25, -0.2) is 0 Å². The number of amides is 1. The molecule has 1 saturated carbocycles. The highest BCUT2D eigenvalue weighted by molar-refractivity contribution is 5.83. The summed E-state index contributed by atoms with van der Waals surface area (Å²) in [6, 6.07) is 0. The normalized spacial score (nSPS) is 26.1. The van der Waals surface area contributed by atoms with Gasteiger partial charge in [0.15, 0.2) is 0 Å². The summed E-state index contributed by atoms with van der Waals surface area (Å²) in [6.45, 7) is 9.63. The second kappa shape index (κ2) is 5.00. The van der Waals surface area contributed by atoms with Crippen LogP contribution in [-0.2, 0) is 9.53 Å². The summed E-state index contributed by atoms with van der Waals surface area (Å²) in [4.78, 5) is 11.9. The van der Waals surface area contributed by atoms with Crippen LogP contribution in [0.25, 0.3) is 0 Å². The molecule has 1 fully saturated rings. The van der Waals surface area contributed by atoms with Crippen LogP contribution in [0, 0.1) is 17.3 Å².